The summed E-state index contributed by atoms with van der Waals surface area (Å²) in [5.41, 5.74) is 4.50. The quantitative estimate of drug-likeness (QED) is 0.922. The molecule has 0 spiro atoms. The largest absolute Gasteiger partial charge is 0.381 e. The Morgan fingerprint density at radius 1 is 1.15 bits per heavy atom. The Hall–Kier alpha value is -1.38. The molecule has 0 bridgehead atoms. The third-order valence-corrected chi connectivity index (χ3v) is 4.99. The molecule has 0 amide bonds. The molecule has 2 aromatic rings. The Morgan fingerprint density at radius 3 is 2.75 bits per heavy atom. The molecule has 1 heterocycles. The van der Waals surface area contributed by atoms with Gasteiger partial charge in [0, 0.05) is 18.6 Å². The zero-order chi connectivity index (χ0) is 13.5. The van der Waals surface area contributed by atoms with Gasteiger partial charge in [-0.25, -0.2) is 0 Å². The smallest absolute Gasteiger partial charge is 0.0513 e. The Labute approximate surface area is 120 Å². The summed E-state index contributed by atoms with van der Waals surface area (Å²) in [4.78, 5) is 0. The zero-order valence-electron chi connectivity index (χ0n) is 12.0. The van der Waals surface area contributed by atoms with Crippen LogP contribution in [0.2, 0.25) is 0 Å². The fourth-order valence-corrected chi connectivity index (χ4v) is 4.00. The average molecular weight is 267 g/mol. The van der Waals surface area contributed by atoms with Crippen LogP contribution in [0.5, 0.6) is 0 Å². The van der Waals surface area contributed by atoms with Crippen LogP contribution in [0.4, 0.5) is 0 Å². The molecule has 0 saturated carbocycles. The third kappa shape index (κ3) is 1.79. The summed E-state index contributed by atoms with van der Waals surface area (Å²) in [6.07, 6.45) is 3.56. The second-order valence-electron chi connectivity index (χ2n) is 6.04. The number of hydrogen-bond acceptors (Lipinski definition) is 2. The van der Waals surface area contributed by atoms with E-state index in [0.717, 1.165) is 19.6 Å². The van der Waals surface area contributed by atoms with Gasteiger partial charge in [0.1, 0.15) is 0 Å². The molecule has 0 radical (unpaired) electrons. The van der Waals surface area contributed by atoms with Crippen molar-refractivity contribution < 1.29 is 4.74 Å². The molecule has 20 heavy (non-hydrogen) atoms. The molecule has 4 rings (SSSR count). The predicted octanol–water partition coefficient (Wildman–Crippen LogP) is 3.24. The van der Waals surface area contributed by atoms with Crippen molar-refractivity contribution in [3.63, 3.8) is 0 Å². The van der Waals surface area contributed by atoms with E-state index in [4.69, 9.17) is 4.74 Å². The summed E-state index contributed by atoms with van der Waals surface area (Å²) in [6.45, 7) is 1.79. The van der Waals surface area contributed by atoms with E-state index in [0.29, 0.717) is 12.0 Å². The van der Waals surface area contributed by atoms with Gasteiger partial charge in [0.15, 0.2) is 0 Å². The average Bonchev–Trinajstić information content (AvgIpc) is 3.13. The van der Waals surface area contributed by atoms with Crippen LogP contribution < -0.4 is 5.32 Å². The summed E-state index contributed by atoms with van der Waals surface area (Å²) in [5, 5.41) is 6.50. The molecule has 1 saturated heterocycles. The molecule has 1 aliphatic heterocycles. The van der Waals surface area contributed by atoms with E-state index in [2.05, 4.69) is 42.7 Å². The zero-order valence-corrected chi connectivity index (χ0v) is 12.0. The van der Waals surface area contributed by atoms with Gasteiger partial charge in [0.25, 0.3) is 0 Å². The summed E-state index contributed by atoms with van der Waals surface area (Å²) in [7, 11) is 2.08. The minimum Gasteiger partial charge on any atom is -0.381 e. The van der Waals surface area contributed by atoms with E-state index in [1.165, 1.54) is 40.3 Å². The number of hydrogen-bond donors (Lipinski definition) is 1. The SMILES string of the molecule is CNC(c1ccc2c3c(cccc13)CC2)C1CCOC1. The topological polar surface area (TPSA) is 21.3 Å². The number of ether oxygens (including phenoxy) is 1. The van der Waals surface area contributed by atoms with E-state index in [9.17, 15) is 0 Å². The Kier molecular flexibility index (Phi) is 3.01. The summed E-state index contributed by atoms with van der Waals surface area (Å²) < 4.78 is 5.59. The van der Waals surface area contributed by atoms with Crippen LogP contribution in [0.15, 0.2) is 30.3 Å². The lowest BCUT2D eigenvalue weighted by atomic mass is 9.88. The first kappa shape index (κ1) is 12.4. The van der Waals surface area contributed by atoms with Gasteiger partial charge in [0.05, 0.1) is 6.61 Å². The predicted molar refractivity (Wildman–Crippen MR) is 82.1 cm³/mol. The molecular weight excluding hydrogens is 246 g/mol. The number of aryl methyl sites for hydroxylation is 2. The van der Waals surface area contributed by atoms with E-state index < -0.39 is 0 Å². The van der Waals surface area contributed by atoms with Crippen LogP contribution in [0.1, 0.15) is 29.2 Å². The van der Waals surface area contributed by atoms with Gasteiger partial charge in [0.2, 0.25) is 0 Å². The molecule has 1 fully saturated rings. The van der Waals surface area contributed by atoms with Crippen molar-refractivity contribution in [3.05, 3.63) is 47.0 Å². The second-order valence-corrected chi connectivity index (χ2v) is 6.04. The minimum atomic E-state index is 0.405. The lowest BCUT2D eigenvalue weighted by Gasteiger charge is -2.24. The van der Waals surface area contributed by atoms with Gasteiger partial charge >= 0.3 is 0 Å². The molecule has 104 valence electrons. The molecule has 2 aromatic carbocycles. The standard InChI is InChI=1S/C18H21NO/c1-19-18(14-9-10-20-11-14)16-8-7-13-6-5-12-3-2-4-15(16)17(12)13/h2-4,7-8,14,18-19H,5-6,9-11H2,1H3. The maximum absolute atomic E-state index is 5.59. The van der Waals surface area contributed by atoms with Gasteiger partial charge in [-0.05, 0) is 53.8 Å². The second kappa shape index (κ2) is 4.87. The van der Waals surface area contributed by atoms with Crippen molar-refractivity contribution >= 4 is 10.8 Å². The summed E-state index contributed by atoms with van der Waals surface area (Å²) in [5.74, 6) is 0.596. The molecule has 2 heteroatoms. The minimum absolute atomic E-state index is 0.405. The van der Waals surface area contributed by atoms with Gasteiger partial charge in [-0.3, -0.25) is 0 Å². The first-order valence-electron chi connectivity index (χ1n) is 7.67. The van der Waals surface area contributed by atoms with Gasteiger partial charge in [-0.2, -0.15) is 0 Å². The van der Waals surface area contributed by atoms with E-state index in [1.807, 2.05) is 0 Å². The van der Waals surface area contributed by atoms with E-state index in [-0.39, 0.29) is 0 Å². The molecule has 2 nitrogen and oxygen atoms in total. The number of rotatable bonds is 3. The Balaban J connectivity index is 1.87. The van der Waals surface area contributed by atoms with Crippen molar-refractivity contribution in [1.82, 2.24) is 5.32 Å². The summed E-state index contributed by atoms with van der Waals surface area (Å²) >= 11 is 0. The normalized spacial score (nSPS) is 22.6. The molecule has 1 N–H and O–H groups in total. The highest BCUT2D eigenvalue weighted by Gasteiger charge is 2.28. The molecule has 1 aliphatic carbocycles. The fourth-order valence-electron chi connectivity index (χ4n) is 4.00. The first-order valence-corrected chi connectivity index (χ1v) is 7.67. The monoisotopic (exact) mass is 267 g/mol. The van der Waals surface area contributed by atoms with Crippen LogP contribution in [0.3, 0.4) is 0 Å². The van der Waals surface area contributed by atoms with Crippen LogP contribution in [0.25, 0.3) is 10.8 Å². The van der Waals surface area contributed by atoms with Gasteiger partial charge < -0.3 is 10.1 Å². The number of nitrogens with one attached hydrogen (secondary N) is 1. The van der Waals surface area contributed by atoms with E-state index >= 15 is 0 Å². The van der Waals surface area contributed by atoms with Crippen LogP contribution in [0, 0.1) is 5.92 Å². The van der Waals surface area contributed by atoms with Gasteiger partial charge in [-0.15, -0.1) is 0 Å². The molecule has 2 atom stereocenters. The molecule has 2 aliphatic rings. The highest BCUT2D eigenvalue weighted by Crippen LogP contribution is 2.38. The maximum Gasteiger partial charge on any atom is 0.0513 e. The maximum atomic E-state index is 5.59. The van der Waals surface area contributed by atoms with Crippen molar-refractivity contribution in [2.45, 2.75) is 25.3 Å². The fraction of sp³-hybridized carbons (Fsp3) is 0.444. The first-order chi connectivity index (χ1) is 9.88. The van der Waals surface area contributed by atoms with E-state index in [1.54, 1.807) is 0 Å². The highest BCUT2D eigenvalue weighted by molar-refractivity contribution is 5.93. The van der Waals surface area contributed by atoms with Crippen molar-refractivity contribution in [1.29, 1.82) is 0 Å². The Bertz CT molecular complexity index is 633. The summed E-state index contributed by atoms with van der Waals surface area (Å²) in [6, 6.07) is 11.9. The van der Waals surface area contributed by atoms with Crippen molar-refractivity contribution in [2.24, 2.45) is 5.92 Å². The molecule has 2 unspecified atom stereocenters. The van der Waals surface area contributed by atoms with Crippen molar-refractivity contribution in [2.75, 3.05) is 20.3 Å². The van der Waals surface area contributed by atoms with Crippen LogP contribution >= 0.6 is 0 Å². The Morgan fingerprint density at radius 2 is 2.00 bits per heavy atom. The molecule has 0 aromatic heterocycles. The highest BCUT2D eigenvalue weighted by atomic mass is 16.5. The lowest BCUT2D eigenvalue weighted by molar-refractivity contribution is 0.178. The van der Waals surface area contributed by atoms with Crippen LogP contribution in [-0.2, 0) is 17.6 Å². The van der Waals surface area contributed by atoms with Crippen LogP contribution in [-0.4, -0.2) is 20.3 Å². The number of benzene rings is 2. The van der Waals surface area contributed by atoms with Gasteiger partial charge in [-0.1, -0.05) is 30.3 Å². The van der Waals surface area contributed by atoms with Crippen molar-refractivity contribution in [3.8, 4) is 0 Å². The lowest BCUT2D eigenvalue weighted by Crippen LogP contribution is -2.25. The third-order valence-electron chi connectivity index (χ3n) is 4.99. The molecular formula is C18H21NO.